The minimum absolute atomic E-state index is 0.371. The number of aryl methyl sites for hydroxylation is 1. The molecule has 1 aromatic carbocycles. The number of anilines is 2. The summed E-state index contributed by atoms with van der Waals surface area (Å²) in [5, 5.41) is 8.64. The van der Waals surface area contributed by atoms with Gasteiger partial charge in [-0.3, -0.25) is 0 Å². The van der Waals surface area contributed by atoms with E-state index in [0.29, 0.717) is 12.5 Å². The molecule has 16 heavy (non-hydrogen) atoms. The topological polar surface area (TPSA) is 53.0 Å². The van der Waals surface area contributed by atoms with Crippen molar-refractivity contribution < 1.29 is 0 Å². The van der Waals surface area contributed by atoms with Crippen LogP contribution in [0.2, 0.25) is 0 Å². The third-order valence-corrected chi connectivity index (χ3v) is 2.68. The van der Waals surface area contributed by atoms with Crippen LogP contribution in [0.5, 0.6) is 0 Å². The van der Waals surface area contributed by atoms with E-state index in [0.717, 1.165) is 23.5 Å². The lowest BCUT2D eigenvalue weighted by Crippen LogP contribution is -2.31. The molecule has 0 unspecified atom stereocenters. The van der Waals surface area contributed by atoms with Crippen LogP contribution in [0.3, 0.4) is 0 Å². The van der Waals surface area contributed by atoms with E-state index in [9.17, 15) is 0 Å². The van der Waals surface area contributed by atoms with Crippen molar-refractivity contribution in [2.24, 2.45) is 0 Å². The Morgan fingerprint density at radius 1 is 1.44 bits per heavy atom. The first-order valence-corrected chi connectivity index (χ1v) is 5.56. The number of nitrogens with zero attached hydrogens (tertiary/aromatic N) is 2. The smallest absolute Gasteiger partial charge is 0.0640 e. The monoisotopic (exact) mass is 217 g/mol. The van der Waals surface area contributed by atoms with Crippen molar-refractivity contribution >= 4 is 11.4 Å². The van der Waals surface area contributed by atoms with Gasteiger partial charge in [0.2, 0.25) is 0 Å². The molecular weight excluding hydrogens is 198 g/mol. The second-order valence-corrected chi connectivity index (χ2v) is 4.24. The van der Waals surface area contributed by atoms with E-state index in [2.05, 4.69) is 30.9 Å². The van der Waals surface area contributed by atoms with Gasteiger partial charge in [-0.25, -0.2) is 0 Å². The van der Waals surface area contributed by atoms with Crippen molar-refractivity contribution in [1.29, 1.82) is 5.26 Å². The molecule has 0 atom stereocenters. The second-order valence-electron chi connectivity index (χ2n) is 4.24. The van der Waals surface area contributed by atoms with Gasteiger partial charge in [0.25, 0.3) is 0 Å². The molecule has 2 N–H and O–H groups in total. The van der Waals surface area contributed by atoms with E-state index in [1.54, 1.807) is 0 Å². The summed E-state index contributed by atoms with van der Waals surface area (Å²) in [4.78, 5) is 2.19. The van der Waals surface area contributed by atoms with Gasteiger partial charge in [-0.05, 0) is 38.5 Å². The van der Waals surface area contributed by atoms with E-state index in [-0.39, 0.29) is 0 Å². The van der Waals surface area contributed by atoms with Gasteiger partial charge in [0.1, 0.15) is 0 Å². The van der Waals surface area contributed by atoms with Gasteiger partial charge in [-0.1, -0.05) is 6.07 Å². The van der Waals surface area contributed by atoms with Crippen molar-refractivity contribution in [1.82, 2.24) is 0 Å². The van der Waals surface area contributed by atoms with E-state index >= 15 is 0 Å². The Bertz CT molecular complexity index is 391. The molecule has 0 aromatic heterocycles. The molecule has 0 saturated heterocycles. The maximum absolute atomic E-state index is 8.64. The minimum atomic E-state index is 0.371. The number of rotatable bonds is 4. The Hall–Kier alpha value is -1.69. The van der Waals surface area contributed by atoms with Crippen molar-refractivity contribution in [3.05, 3.63) is 23.8 Å². The number of benzene rings is 1. The van der Waals surface area contributed by atoms with Gasteiger partial charge in [-0.15, -0.1) is 0 Å². The zero-order valence-electron chi connectivity index (χ0n) is 10.2. The van der Waals surface area contributed by atoms with Gasteiger partial charge < -0.3 is 10.6 Å². The van der Waals surface area contributed by atoms with Crippen LogP contribution in [-0.4, -0.2) is 12.6 Å². The molecule has 0 aliphatic heterocycles. The Labute approximate surface area is 97.5 Å². The summed E-state index contributed by atoms with van der Waals surface area (Å²) < 4.78 is 0. The van der Waals surface area contributed by atoms with Gasteiger partial charge in [0.05, 0.1) is 12.5 Å². The first-order chi connectivity index (χ1) is 7.56. The summed E-state index contributed by atoms with van der Waals surface area (Å²) >= 11 is 0. The molecule has 0 amide bonds. The number of nitriles is 1. The molecule has 86 valence electrons. The Morgan fingerprint density at radius 2 is 2.12 bits per heavy atom. The normalized spacial score (nSPS) is 10.2. The summed E-state index contributed by atoms with van der Waals surface area (Å²) in [6.07, 6.45) is 0.534. The van der Waals surface area contributed by atoms with E-state index < -0.39 is 0 Å². The van der Waals surface area contributed by atoms with Gasteiger partial charge in [-0.2, -0.15) is 5.26 Å². The lowest BCUT2D eigenvalue weighted by Gasteiger charge is -2.28. The van der Waals surface area contributed by atoms with E-state index in [1.165, 1.54) is 0 Å². The van der Waals surface area contributed by atoms with Crippen LogP contribution < -0.4 is 10.6 Å². The van der Waals surface area contributed by atoms with Gasteiger partial charge in [0, 0.05) is 24.0 Å². The number of nitrogen functional groups attached to an aromatic ring is 1. The van der Waals surface area contributed by atoms with Crippen LogP contribution in [0.15, 0.2) is 18.2 Å². The Kier molecular flexibility index (Phi) is 4.19. The molecule has 0 saturated carbocycles. The highest BCUT2D eigenvalue weighted by atomic mass is 15.1. The maximum atomic E-state index is 8.64. The predicted octanol–water partition coefficient (Wildman–Crippen LogP) is 2.71. The summed E-state index contributed by atoms with van der Waals surface area (Å²) in [7, 11) is 0. The van der Waals surface area contributed by atoms with Crippen LogP contribution in [0.1, 0.15) is 25.8 Å². The average molecular weight is 217 g/mol. The lowest BCUT2D eigenvalue weighted by molar-refractivity contribution is 0.687. The first-order valence-electron chi connectivity index (χ1n) is 5.56. The zero-order chi connectivity index (χ0) is 12.1. The molecule has 0 spiro atoms. The molecular formula is C13H19N3. The molecule has 0 aliphatic rings. The lowest BCUT2D eigenvalue weighted by atomic mass is 10.1. The van der Waals surface area contributed by atoms with Crippen LogP contribution in [0, 0.1) is 18.3 Å². The van der Waals surface area contributed by atoms with E-state index in [4.69, 9.17) is 11.0 Å². The second kappa shape index (κ2) is 5.41. The molecule has 0 heterocycles. The van der Waals surface area contributed by atoms with Crippen LogP contribution in [0.25, 0.3) is 0 Å². The standard InChI is InChI=1S/C13H19N3/c1-10(2)16(8-4-7-14)12-6-5-11(3)13(15)9-12/h5-6,9-10H,4,8,15H2,1-3H3. The first kappa shape index (κ1) is 12.4. The van der Waals surface area contributed by atoms with Crippen LogP contribution >= 0.6 is 0 Å². The summed E-state index contributed by atoms with van der Waals surface area (Å²) in [5.41, 5.74) is 8.88. The fourth-order valence-electron chi connectivity index (χ4n) is 1.66. The maximum Gasteiger partial charge on any atom is 0.0640 e. The minimum Gasteiger partial charge on any atom is -0.398 e. The summed E-state index contributed by atoms with van der Waals surface area (Å²) in [6, 6.07) is 8.60. The van der Waals surface area contributed by atoms with Gasteiger partial charge >= 0.3 is 0 Å². The fourth-order valence-corrected chi connectivity index (χ4v) is 1.66. The molecule has 3 heteroatoms. The van der Waals surface area contributed by atoms with Crippen LogP contribution in [-0.2, 0) is 0 Å². The SMILES string of the molecule is Cc1ccc(N(CCC#N)C(C)C)cc1N. The number of hydrogen-bond acceptors (Lipinski definition) is 3. The van der Waals surface area contributed by atoms with Crippen molar-refractivity contribution in [3.8, 4) is 6.07 Å². The Balaban J connectivity index is 2.93. The van der Waals surface area contributed by atoms with Gasteiger partial charge in [0.15, 0.2) is 0 Å². The van der Waals surface area contributed by atoms with Crippen molar-refractivity contribution in [2.45, 2.75) is 33.2 Å². The fraction of sp³-hybridized carbons (Fsp3) is 0.462. The third-order valence-electron chi connectivity index (χ3n) is 2.68. The molecule has 0 bridgehead atoms. The molecule has 1 aromatic rings. The highest BCUT2D eigenvalue weighted by molar-refractivity contribution is 5.60. The number of hydrogen-bond donors (Lipinski definition) is 1. The molecule has 0 radical (unpaired) electrons. The van der Waals surface area contributed by atoms with Crippen molar-refractivity contribution in [2.75, 3.05) is 17.2 Å². The molecule has 3 nitrogen and oxygen atoms in total. The molecule has 1 rings (SSSR count). The Morgan fingerprint density at radius 3 is 2.62 bits per heavy atom. The largest absolute Gasteiger partial charge is 0.398 e. The molecule has 0 aliphatic carbocycles. The predicted molar refractivity (Wildman–Crippen MR) is 68.3 cm³/mol. The zero-order valence-corrected chi connectivity index (χ0v) is 10.2. The third kappa shape index (κ3) is 2.90. The summed E-state index contributed by atoms with van der Waals surface area (Å²) in [5.74, 6) is 0. The van der Waals surface area contributed by atoms with Crippen molar-refractivity contribution in [3.63, 3.8) is 0 Å². The number of nitrogens with two attached hydrogens (primary N) is 1. The summed E-state index contributed by atoms with van der Waals surface area (Å²) in [6.45, 7) is 6.98. The highest BCUT2D eigenvalue weighted by Crippen LogP contribution is 2.22. The average Bonchev–Trinajstić information content (AvgIpc) is 2.23. The highest BCUT2D eigenvalue weighted by Gasteiger charge is 2.10. The van der Waals surface area contributed by atoms with E-state index in [1.807, 2.05) is 19.1 Å². The quantitative estimate of drug-likeness (QED) is 0.789. The van der Waals surface area contributed by atoms with Crippen LogP contribution in [0.4, 0.5) is 11.4 Å². The molecule has 0 fully saturated rings.